The minimum absolute atomic E-state index is 0.269. The minimum atomic E-state index is -0.353. The highest BCUT2D eigenvalue weighted by Gasteiger charge is 2.65. The van der Waals surface area contributed by atoms with Gasteiger partial charge in [0.1, 0.15) is 17.0 Å². The van der Waals surface area contributed by atoms with Crippen LogP contribution in [-0.4, -0.2) is 48.6 Å². The molecule has 0 saturated carbocycles. The Bertz CT molecular complexity index is 1220. The molecule has 1 spiro atoms. The van der Waals surface area contributed by atoms with Crippen molar-refractivity contribution in [1.29, 1.82) is 0 Å². The number of benzene rings is 3. The van der Waals surface area contributed by atoms with Crippen LogP contribution in [0.4, 0.5) is 0 Å². The van der Waals surface area contributed by atoms with Crippen LogP contribution in [0.15, 0.2) is 60.7 Å². The van der Waals surface area contributed by atoms with E-state index >= 15 is 0 Å². The van der Waals surface area contributed by atoms with Gasteiger partial charge in [0.25, 0.3) is 0 Å². The fourth-order valence-electron chi connectivity index (χ4n) is 6.81. The van der Waals surface area contributed by atoms with Crippen molar-refractivity contribution in [2.45, 2.75) is 37.4 Å². The van der Waals surface area contributed by atoms with E-state index in [0.717, 1.165) is 54.8 Å². The second-order valence-corrected chi connectivity index (χ2v) is 9.57. The summed E-state index contributed by atoms with van der Waals surface area (Å²) in [6.45, 7) is 2.42. The van der Waals surface area contributed by atoms with Gasteiger partial charge in [0.2, 0.25) is 5.91 Å². The van der Waals surface area contributed by atoms with E-state index in [1.54, 1.807) is 14.2 Å². The summed E-state index contributed by atoms with van der Waals surface area (Å²) < 4.78 is 11.2. The van der Waals surface area contributed by atoms with Crippen LogP contribution >= 0.6 is 0 Å². The third-order valence-electron chi connectivity index (χ3n) is 8.18. The highest BCUT2D eigenvalue weighted by atomic mass is 16.5. The first-order valence-electron chi connectivity index (χ1n) is 11.9. The highest BCUT2D eigenvalue weighted by Crippen LogP contribution is 2.57. The third-order valence-corrected chi connectivity index (χ3v) is 8.18. The monoisotopic (exact) mass is 442 g/mol. The minimum Gasteiger partial charge on any atom is -0.496 e. The van der Waals surface area contributed by atoms with E-state index in [1.807, 2.05) is 18.2 Å². The molecule has 170 valence electrons. The molecule has 5 nitrogen and oxygen atoms in total. The predicted molar refractivity (Wildman–Crippen MR) is 128 cm³/mol. The van der Waals surface area contributed by atoms with Crippen molar-refractivity contribution in [3.63, 3.8) is 0 Å². The van der Waals surface area contributed by atoms with E-state index in [2.05, 4.69) is 52.3 Å². The van der Waals surface area contributed by atoms with E-state index in [4.69, 9.17) is 9.47 Å². The molecule has 0 bridgehead atoms. The third kappa shape index (κ3) is 2.91. The zero-order valence-corrected chi connectivity index (χ0v) is 19.3. The molecule has 3 aromatic carbocycles. The zero-order valence-electron chi connectivity index (χ0n) is 19.3. The summed E-state index contributed by atoms with van der Waals surface area (Å²) >= 11 is 0. The standard InChI is InChI=1S/C28H30N2O3/c1-32-25-11-6-3-8-19(25)17-29-18-20-16-24(30-15-7-14-28(20,30)27(29)31)22-12-13-26(33-2)23-10-5-4-9-21(22)23/h3-6,8-13,20,24H,7,14-18H2,1-2H3/t20-,24-,28-/m0/s1. The van der Waals surface area contributed by atoms with Crippen LogP contribution in [0, 0.1) is 5.92 Å². The van der Waals surface area contributed by atoms with Gasteiger partial charge < -0.3 is 14.4 Å². The lowest BCUT2D eigenvalue weighted by atomic mass is 9.85. The molecule has 6 rings (SSSR count). The summed E-state index contributed by atoms with van der Waals surface area (Å²) in [5.74, 6) is 2.41. The zero-order chi connectivity index (χ0) is 22.6. The fourth-order valence-corrected chi connectivity index (χ4v) is 6.81. The van der Waals surface area contributed by atoms with E-state index < -0.39 is 0 Å². The molecule has 0 N–H and O–H groups in total. The molecule has 0 aromatic heterocycles. The van der Waals surface area contributed by atoms with Crippen LogP contribution < -0.4 is 9.47 Å². The van der Waals surface area contributed by atoms with E-state index in [-0.39, 0.29) is 11.6 Å². The largest absolute Gasteiger partial charge is 0.496 e. The van der Waals surface area contributed by atoms with Gasteiger partial charge in [0.05, 0.1) is 14.2 Å². The maximum atomic E-state index is 14.0. The van der Waals surface area contributed by atoms with Crippen LogP contribution in [0.1, 0.15) is 36.4 Å². The normalized spacial score (nSPS) is 26.6. The second-order valence-electron chi connectivity index (χ2n) is 9.57. The number of para-hydroxylation sites is 1. The number of carbonyl (C=O) groups is 1. The van der Waals surface area contributed by atoms with Crippen molar-refractivity contribution in [1.82, 2.24) is 9.80 Å². The number of hydrogen-bond donors (Lipinski definition) is 0. The summed E-state index contributed by atoms with van der Waals surface area (Å²) in [5, 5.41) is 2.38. The summed E-state index contributed by atoms with van der Waals surface area (Å²) in [4.78, 5) is 18.6. The van der Waals surface area contributed by atoms with Gasteiger partial charge in [0, 0.05) is 36.0 Å². The molecule has 3 fully saturated rings. The molecule has 5 heteroatoms. The summed E-state index contributed by atoms with van der Waals surface area (Å²) in [6.07, 6.45) is 3.06. The van der Waals surface area contributed by atoms with Gasteiger partial charge in [-0.15, -0.1) is 0 Å². The number of nitrogens with zero attached hydrogens (tertiary/aromatic N) is 2. The van der Waals surface area contributed by atoms with Gasteiger partial charge in [-0.05, 0) is 48.9 Å². The average molecular weight is 443 g/mol. The molecule has 0 aliphatic carbocycles. The summed E-state index contributed by atoms with van der Waals surface area (Å²) in [6, 6.07) is 21.1. The van der Waals surface area contributed by atoms with Crippen LogP contribution in [-0.2, 0) is 11.3 Å². The van der Waals surface area contributed by atoms with Gasteiger partial charge >= 0.3 is 0 Å². The van der Waals surface area contributed by atoms with E-state index in [0.29, 0.717) is 18.4 Å². The molecule has 3 aliphatic rings. The Kier molecular flexibility index (Phi) is 4.84. The van der Waals surface area contributed by atoms with Crippen LogP contribution in [0.5, 0.6) is 11.5 Å². The fraction of sp³-hybridized carbons (Fsp3) is 0.393. The molecule has 0 unspecified atom stereocenters. The van der Waals surface area contributed by atoms with Crippen LogP contribution in [0.25, 0.3) is 10.8 Å². The van der Waals surface area contributed by atoms with Crippen molar-refractivity contribution in [2.75, 3.05) is 27.3 Å². The molecule has 1 amide bonds. The lowest BCUT2D eigenvalue weighted by molar-refractivity contribution is -0.137. The SMILES string of the molecule is COc1ccccc1CN1C[C@@H]2C[C@@H](c3ccc(OC)c4ccccc34)N3CCC[C@@]23C1=O. The molecule has 33 heavy (non-hydrogen) atoms. The van der Waals surface area contributed by atoms with Crippen LogP contribution in [0.3, 0.4) is 0 Å². The Morgan fingerprint density at radius 2 is 1.70 bits per heavy atom. The number of carbonyl (C=O) groups excluding carboxylic acids is 1. The highest BCUT2D eigenvalue weighted by molar-refractivity contribution is 5.93. The van der Waals surface area contributed by atoms with Gasteiger partial charge in [-0.2, -0.15) is 0 Å². The molecule has 3 saturated heterocycles. The molecule has 3 aromatic rings. The topological polar surface area (TPSA) is 42.0 Å². The number of amides is 1. The first kappa shape index (κ1) is 20.5. The molecular weight excluding hydrogens is 412 g/mol. The Balaban J connectivity index is 1.34. The van der Waals surface area contributed by atoms with E-state index in [1.165, 1.54) is 10.9 Å². The van der Waals surface area contributed by atoms with Crippen LogP contribution in [0.2, 0.25) is 0 Å². The average Bonchev–Trinajstić information content (AvgIpc) is 3.49. The molecule has 3 aliphatic heterocycles. The Morgan fingerprint density at radius 3 is 2.52 bits per heavy atom. The lowest BCUT2D eigenvalue weighted by Crippen LogP contribution is -2.49. The quantitative estimate of drug-likeness (QED) is 0.570. The number of hydrogen-bond acceptors (Lipinski definition) is 4. The number of likely N-dealkylation sites (tertiary alicyclic amines) is 1. The summed E-state index contributed by atoms with van der Waals surface area (Å²) in [7, 11) is 3.42. The number of ether oxygens (including phenoxy) is 2. The van der Waals surface area contributed by atoms with Crippen molar-refractivity contribution in [3.8, 4) is 11.5 Å². The first-order valence-corrected chi connectivity index (χ1v) is 11.9. The van der Waals surface area contributed by atoms with Gasteiger partial charge in [-0.25, -0.2) is 0 Å². The Labute approximate surface area is 194 Å². The van der Waals surface area contributed by atoms with Crippen molar-refractivity contribution in [3.05, 3.63) is 71.8 Å². The number of methoxy groups -OCH3 is 2. The summed E-state index contributed by atoms with van der Waals surface area (Å²) in [5.41, 5.74) is 2.05. The molecule has 3 atom stereocenters. The molecular formula is C28H30N2O3. The first-order chi connectivity index (χ1) is 16.2. The van der Waals surface area contributed by atoms with Crippen molar-refractivity contribution in [2.24, 2.45) is 5.92 Å². The smallest absolute Gasteiger partial charge is 0.243 e. The van der Waals surface area contributed by atoms with Gasteiger partial charge in [-0.1, -0.05) is 48.5 Å². The van der Waals surface area contributed by atoms with Crippen molar-refractivity contribution >= 4 is 16.7 Å². The molecule has 0 radical (unpaired) electrons. The molecule has 3 heterocycles. The van der Waals surface area contributed by atoms with Crippen molar-refractivity contribution < 1.29 is 14.3 Å². The van der Waals surface area contributed by atoms with E-state index in [9.17, 15) is 4.79 Å². The maximum absolute atomic E-state index is 14.0. The lowest BCUT2D eigenvalue weighted by Gasteiger charge is -2.34. The predicted octanol–water partition coefficient (Wildman–Crippen LogP) is 4.80. The Hall–Kier alpha value is -3.05. The maximum Gasteiger partial charge on any atom is 0.243 e. The Morgan fingerprint density at radius 1 is 0.939 bits per heavy atom. The van der Waals surface area contributed by atoms with Gasteiger partial charge in [-0.3, -0.25) is 9.69 Å². The number of rotatable bonds is 5. The number of fused-ring (bicyclic) bond motifs is 1. The van der Waals surface area contributed by atoms with Gasteiger partial charge in [0.15, 0.2) is 0 Å². The second kappa shape index (κ2) is 7.77.